The number of urea groups is 1. The molecule has 0 aromatic rings. The van der Waals surface area contributed by atoms with Crippen LogP contribution >= 0.6 is 0 Å². The van der Waals surface area contributed by atoms with Crippen LogP contribution in [-0.2, 0) is 4.74 Å². The monoisotopic (exact) mass is 170 g/mol. The molecule has 2 amide bonds. The molecule has 2 fully saturated rings. The first-order valence-electron chi connectivity index (χ1n) is 4.45. The lowest BCUT2D eigenvalue weighted by molar-refractivity contribution is 0.0828. The van der Waals surface area contributed by atoms with Gasteiger partial charge in [0.1, 0.15) is 0 Å². The Balaban J connectivity index is 1.89. The minimum atomic E-state index is -0.434. The summed E-state index contributed by atoms with van der Waals surface area (Å²) in [5.41, 5.74) is 5.05. The van der Waals surface area contributed by atoms with Crippen LogP contribution in [0.5, 0.6) is 0 Å². The minimum absolute atomic E-state index is 0.162. The topological polar surface area (TPSA) is 64.4 Å². The zero-order valence-electron chi connectivity index (χ0n) is 6.95. The molecule has 0 bridgehead atoms. The highest BCUT2D eigenvalue weighted by atomic mass is 16.5. The summed E-state index contributed by atoms with van der Waals surface area (Å²) in [6.07, 6.45) is 3.62. The number of primary amides is 1. The van der Waals surface area contributed by atoms with E-state index in [9.17, 15) is 4.79 Å². The van der Waals surface area contributed by atoms with Crippen molar-refractivity contribution in [1.82, 2.24) is 5.32 Å². The van der Waals surface area contributed by atoms with Crippen LogP contribution in [0.15, 0.2) is 0 Å². The minimum Gasteiger partial charge on any atom is -0.376 e. The maximum atomic E-state index is 10.6. The van der Waals surface area contributed by atoms with Crippen molar-refractivity contribution in [2.45, 2.75) is 31.4 Å². The van der Waals surface area contributed by atoms with E-state index in [1.165, 1.54) is 12.8 Å². The third-order valence-electron chi connectivity index (χ3n) is 2.55. The maximum absolute atomic E-state index is 10.6. The van der Waals surface area contributed by atoms with E-state index in [2.05, 4.69) is 5.32 Å². The molecule has 1 saturated heterocycles. The summed E-state index contributed by atoms with van der Waals surface area (Å²) < 4.78 is 5.52. The summed E-state index contributed by atoms with van der Waals surface area (Å²) in [6.45, 7) is 0.756. The van der Waals surface area contributed by atoms with Crippen LogP contribution in [0.3, 0.4) is 0 Å². The standard InChI is InChI=1S/C8H14N2O2/c9-8(11)10-6-3-4-12-7(6)5-1-2-5/h5-7H,1-4H2,(H3,9,10,11). The predicted octanol–water partition coefficient (Wildman–Crippen LogP) is 0.222. The van der Waals surface area contributed by atoms with Gasteiger partial charge in [0.2, 0.25) is 0 Å². The number of nitrogens with one attached hydrogen (secondary N) is 1. The Morgan fingerprint density at radius 2 is 2.17 bits per heavy atom. The van der Waals surface area contributed by atoms with Gasteiger partial charge in [-0.1, -0.05) is 0 Å². The fourth-order valence-corrected chi connectivity index (χ4v) is 1.84. The van der Waals surface area contributed by atoms with Crippen molar-refractivity contribution < 1.29 is 9.53 Å². The lowest BCUT2D eigenvalue weighted by Gasteiger charge is -2.17. The van der Waals surface area contributed by atoms with Crippen molar-refractivity contribution in [3.8, 4) is 0 Å². The SMILES string of the molecule is NC(=O)NC1CCOC1C1CC1. The number of ether oxygens (including phenoxy) is 1. The molecule has 1 aliphatic carbocycles. The van der Waals surface area contributed by atoms with Gasteiger partial charge in [0.05, 0.1) is 12.1 Å². The van der Waals surface area contributed by atoms with E-state index in [-0.39, 0.29) is 12.1 Å². The summed E-state index contributed by atoms with van der Waals surface area (Å²) in [4.78, 5) is 10.6. The molecule has 2 aliphatic rings. The van der Waals surface area contributed by atoms with Gasteiger partial charge in [-0.3, -0.25) is 0 Å². The number of nitrogens with two attached hydrogens (primary N) is 1. The van der Waals surface area contributed by atoms with E-state index < -0.39 is 6.03 Å². The number of carbonyl (C=O) groups excluding carboxylic acids is 1. The third-order valence-corrected chi connectivity index (χ3v) is 2.55. The Morgan fingerprint density at radius 3 is 2.75 bits per heavy atom. The van der Waals surface area contributed by atoms with Crippen LogP contribution in [0.2, 0.25) is 0 Å². The molecule has 0 spiro atoms. The molecule has 12 heavy (non-hydrogen) atoms. The lowest BCUT2D eigenvalue weighted by Crippen LogP contribution is -2.43. The Bertz CT molecular complexity index is 191. The number of hydrogen-bond donors (Lipinski definition) is 2. The molecular weight excluding hydrogens is 156 g/mol. The molecular formula is C8H14N2O2. The highest BCUT2D eigenvalue weighted by Gasteiger charge is 2.40. The largest absolute Gasteiger partial charge is 0.376 e. The average molecular weight is 170 g/mol. The Labute approximate surface area is 71.4 Å². The van der Waals surface area contributed by atoms with Crippen molar-refractivity contribution in [3.63, 3.8) is 0 Å². The van der Waals surface area contributed by atoms with Crippen LogP contribution < -0.4 is 11.1 Å². The van der Waals surface area contributed by atoms with Gasteiger partial charge in [0.15, 0.2) is 0 Å². The van der Waals surface area contributed by atoms with Crippen LogP contribution in [0.4, 0.5) is 4.79 Å². The van der Waals surface area contributed by atoms with Gasteiger partial charge in [0.25, 0.3) is 0 Å². The van der Waals surface area contributed by atoms with E-state index in [0.717, 1.165) is 13.0 Å². The van der Waals surface area contributed by atoms with Crippen LogP contribution in [-0.4, -0.2) is 24.8 Å². The first-order valence-corrected chi connectivity index (χ1v) is 4.45. The highest BCUT2D eigenvalue weighted by Crippen LogP contribution is 2.38. The molecule has 2 rings (SSSR count). The summed E-state index contributed by atoms with van der Waals surface area (Å²) in [5.74, 6) is 0.671. The van der Waals surface area contributed by atoms with Crippen molar-refractivity contribution in [3.05, 3.63) is 0 Å². The van der Waals surface area contributed by atoms with Gasteiger partial charge in [0, 0.05) is 6.61 Å². The van der Waals surface area contributed by atoms with Gasteiger partial charge in [-0.05, 0) is 25.2 Å². The first-order chi connectivity index (χ1) is 5.77. The van der Waals surface area contributed by atoms with Crippen LogP contribution in [0, 0.1) is 5.92 Å². The van der Waals surface area contributed by atoms with Gasteiger partial charge in [-0.2, -0.15) is 0 Å². The molecule has 4 nitrogen and oxygen atoms in total. The first kappa shape index (κ1) is 7.86. The van der Waals surface area contributed by atoms with Crippen LogP contribution in [0.25, 0.3) is 0 Å². The fourth-order valence-electron chi connectivity index (χ4n) is 1.84. The second-order valence-electron chi connectivity index (χ2n) is 3.58. The second kappa shape index (κ2) is 2.94. The number of amides is 2. The molecule has 2 unspecified atom stereocenters. The second-order valence-corrected chi connectivity index (χ2v) is 3.58. The molecule has 4 heteroatoms. The van der Waals surface area contributed by atoms with Crippen LogP contribution in [0.1, 0.15) is 19.3 Å². The molecule has 0 aromatic carbocycles. The van der Waals surface area contributed by atoms with Gasteiger partial charge in [-0.15, -0.1) is 0 Å². The van der Waals surface area contributed by atoms with Gasteiger partial charge < -0.3 is 15.8 Å². The van der Waals surface area contributed by atoms with Crippen molar-refractivity contribution in [2.75, 3.05) is 6.61 Å². The summed E-state index contributed by atoms with van der Waals surface area (Å²) >= 11 is 0. The Hall–Kier alpha value is -0.770. The van der Waals surface area contributed by atoms with E-state index >= 15 is 0 Å². The van der Waals surface area contributed by atoms with E-state index in [1.54, 1.807) is 0 Å². The average Bonchev–Trinajstić information content (AvgIpc) is 2.73. The zero-order chi connectivity index (χ0) is 8.55. The Morgan fingerprint density at radius 1 is 1.42 bits per heavy atom. The Kier molecular flexibility index (Phi) is 1.92. The molecule has 1 aliphatic heterocycles. The number of hydrogen-bond acceptors (Lipinski definition) is 2. The highest BCUT2D eigenvalue weighted by molar-refractivity contribution is 5.72. The molecule has 0 radical (unpaired) electrons. The van der Waals surface area contributed by atoms with Crippen molar-refractivity contribution in [2.24, 2.45) is 11.7 Å². The molecule has 3 N–H and O–H groups in total. The molecule has 1 saturated carbocycles. The van der Waals surface area contributed by atoms with E-state index in [4.69, 9.17) is 10.5 Å². The summed E-state index contributed by atoms with van der Waals surface area (Å²) in [6, 6.07) is -0.272. The number of rotatable bonds is 2. The number of carbonyl (C=O) groups is 1. The third kappa shape index (κ3) is 1.53. The lowest BCUT2D eigenvalue weighted by atomic mass is 10.1. The maximum Gasteiger partial charge on any atom is 0.312 e. The van der Waals surface area contributed by atoms with Crippen molar-refractivity contribution >= 4 is 6.03 Å². The molecule has 1 heterocycles. The normalized spacial score (nSPS) is 35.0. The molecule has 0 aromatic heterocycles. The predicted molar refractivity (Wildman–Crippen MR) is 43.6 cm³/mol. The van der Waals surface area contributed by atoms with E-state index in [0.29, 0.717) is 5.92 Å². The summed E-state index contributed by atoms with van der Waals surface area (Å²) in [7, 11) is 0. The fraction of sp³-hybridized carbons (Fsp3) is 0.875. The molecule has 68 valence electrons. The van der Waals surface area contributed by atoms with Gasteiger partial charge in [-0.25, -0.2) is 4.79 Å². The zero-order valence-corrected chi connectivity index (χ0v) is 6.95. The van der Waals surface area contributed by atoms with E-state index in [1.807, 2.05) is 0 Å². The smallest absolute Gasteiger partial charge is 0.312 e. The summed E-state index contributed by atoms with van der Waals surface area (Å²) in [5, 5.41) is 2.73. The van der Waals surface area contributed by atoms with Gasteiger partial charge >= 0.3 is 6.03 Å². The molecule has 2 atom stereocenters. The van der Waals surface area contributed by atoms with Crippen molar-refractivity contribution in [1.29, 1.82) is 0 Å². The quantitative estimate of drug-likeness (QED) is 0.622.